The smallest absolute Gasteiger partial charge is 0.383 e. The van der Waals surface area contributed by atoms with Gasteiger partial charge in [0.25, 0.3) is 5.91 Å². The number of methoxy groups -OCH3 is 1. The average Bonchev–Trinajstić information content (AvgIpc) is 2.66. The van der Waals surface area contributed by atoms with E-state index in [0.29, 0.717) is 24.5 Å². The zero-order valence-corrected chi connectivity index (χ0v) is 16.5. The Labute approximate surface area is 165 Å². The van der Waals surface area contributed by atoms with Crippen molar-refractivity contribution < 1.29 is 22.7 Å². The summed E-state index contributed by atoms with van der Waals surface area (Å²) in [5.74, 6) is 0.348. The lowest BCUT2D eigenvalue weighted by molar-refractivity contribution is -0.141. The van der Waals surface area contributed by atoms with Crippen LogP contribution in [0.4, 0.5) is 19.0 Å². The third-order valence-electron chi connectivity index (χ3n) is 3.62. The Morgan fingerprint density at radius 3 is 2.46 bits per heavy atom. The van der Waals surface area contributed by atoms with Crippen molar-refractivity contribution >= 4 is 23.5 Å². The molecule has 1 amide bonds. The van der Waals surface area contributed by atoms with Gasteiger partial charge < -0.3 is 15.0 Å². The molecule has 0 fully saturated rings. The Kier molecular flexibility index (Phi) is 7.64. The Bertz CT molecular complexity index is 798. The number of ether oxygens (including phenoxy) is 1. The van der Waals surface area contributed by atoms with Crippen molar-refractivity contribution in [3.8, 4) is 0 Å². The summed E-state index contributed by atoms with van der Waals surface area (Å²) in [4.78, 5) is 21.2. The number of anilines is 1. The molecule has 0 atom stereocenters. The van der Waals surface area contributed by atoms with Crippen LogP contribution in [0.5, 0.6) is 0 Å². The summed E-state index contributed by atoms with van der Waals surface area (Å²) in [5, 5.41) is 2.76. The van der Waals surface area contributed by atoms with Crippen molar-refractivity contribution in [2.75, 3.05) is 39.3 Å². The zero-order valence-electron chi connectivity index (χ0n) is 15.7. The molecule has 0 radical (unpaired) electrons. The molecule has 0 aliphatic rings. The second kappa shape index (κ2) is 9.74. The number of alkyl halides is 3. The van der Waals surface area contributed by atoms with Crippen molar-refractivity contribution in [2.24, 2.45) is 0 Å². The van der Waals surface area contributed by atoms with Gasteiger partial charge in [0.2, 0.25) is 0 Å². The fourth-order valence-corrected chi connectivity index (χ4v) is 2.93. The Morgan fingerprint density at radius 2 is 1.89 bits per heavy atom. The number of rotatable bonds is 8. The van der Waals surface area contributed by atoms with Crippen molar-refractivity contribution in [1.29, 1.82) is 0 Å². The molecule has 2 rings (SSSR count). The second-order valence-corrected chi connectivity index (χ2v) is 6.96. The van der Waals surface area contributed by atoms with Gasteiger partial charge in [-0.1, -0.05) is 23.9 Å². The molecule has 1 heterocycles. The first-order chi connectivity index (χ1) is 13.2. The summed E-state index contributed by atoms with van der Waals surface area (Å²) < 4.78 is 44.0. The molecule has 1 aromatic carbocycles. The van der Waals surface area contributed by atoms with E-state index < -0.39 is 11.9 Å². The number of aromatic nitrogens is 2. The Balaban J connectivity index is 2.05. The predicted octanol–water partition coefficient (Wildman–Crippen LogP) is 3.23. The van der Waals surface area contributed by atoms with E-state index in [1.54, 1.807) is 45.5 Å². The summed E-state index contributed by atoms with van der Waals surface area (Å²) in [5.41, 5.74) is 0.359. The van der Waals surface area contributed by atoms with Gasteiger partial charge in [0.15, 0.2) is 10.9 Å². The minimum absolute atomic E-state index is 0.0416. The van der Waals surface area contributed by atoms with Crippen molar-refractivity contribution in [2.45, 2.75) is 17.1 Å². The highest BCUT2D eigenvalue weighted by atomic mass is 32.2. The molecule has 10 heteroatoms. The molecule has 0 aliphatic heterocycles. The first kappa shape index (κ1) is 22.0. The Hall–Kier alpha value is -2.33. The molecule has 1 aromatic heterocycles. The highest BCUT2D eigenvalue weighted by Gasteiger charge is 2.34. The van der Waals surface area contributed by atoms with Crippen LogP contribution >= 0.6 is 11.8 Å². The van der Waals surface area contributed by atoms with Crippen LogP contribution in [-0.2, 0) is 16.7 Å². The third kappa shape index (κ3) is 6.38. The summed E-state index contributed by atoms with van der Waals surface area (Å²) in [6, 6.07) is 7.74. The molecule has 2 aromatic rings. The maximum atomic E-state index is 13.0. The van der Waals surface area contributed by atoms with E-state index in [4.69, 9.17) is 4.74 Å². The lowest BCUT2D eigenvalue weighted by Gasteiger charge is -2.15. The third-order valence-corrected chi connectivity index (χ3v) is 4.53. The van der Waals surface area contributed by atoms with Gasteiger partial charge in [0.05, 0.1) is 6.61 Å². The maximum absolute atomic E-state index is 13.0. The van der Waals surface area contributed by atoms with Gasteiger partial charge in [0, 0.05) is 45.1 Å². The van der Waals surface area contributed by atoms with E-state index in [9.17, 15) is 18.0 Å². The number of carbonyl (C=O) groups is 1. The van der Waals surface area contributed by atoms with Crippen LogP contribution in [0.3, 0.4) is 0 Å². The van der Waals surface area contributed by atoms with Crippen LogP contribution in [0, 0.1) is 0 Å². The highest BCUT2D eigenvalue weighted by Crippen LogP contribution is 2.31. The van der Waals surface area contributed by atoms with Crippen molar-refractivity contribution in [1.82, 2.24) is 15.3 Å². The molecule has 0 saturated carbocycles. The van der Waals surface area contributed by atoms with Gasteiger partial charge in [-0.2, -0.15) is 13.2 Å². The van der Waals surface area contributed by atoms with E-state index in [2.05, 4.69) is 15.3 Å². The first-order valence-corrected chi connectivity index (χ1v) is 9.31. The molecule has 1 N–H and O–H groups in total. The largest absolute Gasteiger partial charge is 0.433 e. The fraction of sp³-hybridized carbons (Fsp3) is 0.389. The number of benzene rings is 1. The van der Waals surface area contributed by atoms with Crippen LogP contribution in [0.1, 0.15) is 21.6 Å². The maximum Gasteiger partial charge on any atom is 0.433 e. The van der Waals surface area contributed by atoms with Gasteiger partial charge in [-0.05, 0) is 17.7 Å². The molecule has 152 valence electrons. The minimum Gasteiger partial charge on any atom is -0.383 e. The van der Waals surface area contributed by atoms with Crippen LogP contribution < -0.4 is 10.2 Å². The topological polar surface area (TPSA) is 67.3 Å². The predicted molar refractivity (Wildman–Crippen MR) is 102 cm³/mol. The molecule has 0 unspecified atom stereocenters. The summed E-state index contributed by atoms with van der Waals surface area (Å²) in [7, 11) is 4.79. The lowest BCUT2D eigenvalue weighted by Crippen LogP contribution is -2.26. The van der Waals surface area contributed by atoms with Crippen LogP contribution in [-0.4, -0.2) is 50.2 Å². The number of halogens is 3. The quantitative estimate of drug-likeness (QED) is 0.406. The molecule has 0 saturated heterocycles. The van der Waals surface area contributed by atoms with Crippen LogP contribution in [0.25, 0.3) is 0 Å². The van der Waals surface area contributed by atoms with Crippen molar-refractivity contribution in [3.63, 3.8) is 0 Å². The number of carbonyl (C=O) groups excluding carboxylic acids is 1. The SMILES string of the molecule is COCCNC(=O)c1ccc(CSc2nc(N(C)C)cc(C(F)(F)F)n2)cc1. The minimum atomic E-state index is -4.54. The molecule has 0 bridgehead atoms. The van der Waals surface area contributed by atoms with Crippen LogP contribution in [0.2, 0.25) is 0 Å². The number of hydrogen-bond acceptors (Lipinski definition) is 6. The second-order valence-electron chi connectivity index (χ2n) is 6.02. The van der Waals surface area contributed by atoms with Gasteiger partial charge in [-0.15, -0.1) is 0 Å². The summed E-state index contributed by atoms with van der Waals surface area (Å²) in [6.45, 7) is 0.834. The molecule has 28 heavy (non-hydrogen) atoms. The number of thioether (sulfide) groups is 1. The number of nitrogens with one attached hydrogen (secondary N) is 1. The molecule has 0 aliphatic carbocycles. The molecule has 0 spiro atoms. The van der Waals surface area contributed by atoms with E-state index >= 15 is 0 Å². The van der Waals surface area contributed by atoms with Crippen LogP contribution in [0.15, 0.2) is 35.5 Å². The number of amides is 1. The summed E-state index contributed by atoms with van der Waals surface area (Å²) >= 11 is 1.10. The zero-order chi connectivity index (χ0) is 20.7. The van der Waals surface area contributed by atoms with Crippen molar-refractivity contribution in [3.05, 3.63) is 47.2 Å². The standard InChI is InChI=1S/C18H21F3N4O2S/c1-25(2)15-10-14(18(19,20)21)23-17(24-15)28-11-12-4-6-13(7-5-12)16(26)22-8-9-27-3/h4-7,10H,8-9,11H2,1-3H3,(H,22,26). The van der Waals surface area contributed by atoms with E-state index in [0.717, 1.165) is 23.4 Å². The van der Waals surface area contributed by atoms with Gasteiger partial charge in [-0.25, -0.2) is 9.97 Å². The number of nitrogens with zero attached hydrogens (tertiary/aromatic N) is 3. The fourth-order valence-electron chi connectivity index (χ4n) is 2.12. The summed E-state index contributed by atoms with van der Waals surface area (Å²) in [6.07, 6.45) is -4.54. The first-order valence-electron chi connectivity index (χ1n) is 8.33. The monoisotopic (exact) mass is 414 g/mol. The molecule has 6 nitrogen and oxygen atoms in total. The number of hydrogen-bond donors (Lipinski definition) is 1. The van der Waals surface area contributed by atoms with Gasteiger partial charge >= 0.3 is 6.18 Å². The molecular weight excluding hydrogens is 393 g/mol. The van der Waals surface area contributed by atoms with Gasteiger partial charge in [0.1, 0.15) is 5.82 Å². The normalized spacial score (nSPS) is 11.4. The van der Waals surface area contributed by atoms with Gasteiger partial charge in [-0.3, -0.25) is 4.79 Å². The Morgan fingerprint density at radius 1 is 1.21 bits per heavy atom. The van der Waals surface area contributed by atoms with E-state index in [1.165, 1.54) is 4.90 Å². The molecular formula is C18H21F3N4O2S. The van der Waals surface area contributed by atoms with E-state index in [1.807, 2.05) is 0 Å². The van der Waals surface area contributed by atoms with E-state index in [-0.39, 0.29) is 16.9 Å². The average molecular weight is 414 g/mol. The highest BCUT2D eigenvalue weighted by molar-refractivity contribution is 7.98. The lowest BCUT2D eigenvalue weighted by atomic mass is 10.1.